The number of hydrogen-bond donors (Lipinski definition) is 1. The molecule has 2 aromatic rings. The van der Waals surface area contributed by atoms with E-state index in [1.54, 1.807) is 4.90 Å². The number of para-hydroxylation sites is 1. The van der Waals surface area contributed by atoms with E-state index in [0.29, 0.717) is 13.1 Å². The van der Waals surface area contributed by atoms with Crippen molar-refractivity contribution in [3.8, 4) is 0 Å². The van der Waals surface area contributed by atoms with Gasteiger partial charge in [0, 0.05) is 19.2 Å². The molecule has 1 aliphatic rings. The molecule has 0 atom stereocenters. The highest BCUT2D eigenvalue weighted by atomic mass is 19.4. The van der Waals surface area contributed by atoms with Crippen molar-refractivity contribution >= 4 is 17.4 Å². The number of halogens is 3. The van der Waals surface area contributed by atoms with Gasteiger partial charge >= 0.3 is 6.18 Å². The fraction of sp³-hybridized carbons (Fsp3) is 0.312. The Morgan fingerprint density at radius 3 is 2.54 bits per heavy atom. The number of alkyl halides is 3. The van der Waals surface area contributed by atoms with Crippen molar-refractivity contribution < 1.29 is 18.0 Å². The Labute approximate surface area is 136 Å². The van der Waals surface area contributed by atoms with E-state index in [-0.39, 0.29) is 23.1 Å². The van der Waals surface area contributed by atoms with Gasteiger partial charge in [0.05, 0.1) is 11.3 Å². The molecule has 1 amide bonds. The summed E-state index contributed by atoms with van der Waals surface area (Å²) >= 11 is 0. The average molecular weight is 336 g/mol. The van der Waals surface area contributed by atoms with Gasteiger partial charge in [-0.25, -0.2) is 9.97 Å². The molecule has 1 fully saturated rings. The predicted molar refractivity (Wildman–Crippen MR) is 81.9 cm³/mol. The summed E-state index contributed by atoms with van der Waals surface area (Å²) < 4.78 is 39.1. The molecule has 0 bridgehead atoms. The monoisotopic (exact) mass is 336 g/mol. The molecule has 1 aliphatic heterocycles. The first-order valence-electron chi connectivity index (χ1n) is 7.50. The number of hydrogen-bond acceptors (Lipinski definition) is 4. The van der Waals surface area contributed by atoms with Crippen LogP contribution in [0.25, 0.3) is 0 Å². The van der Waals surface area contributed by atoms with Crippen LogP contribution in [0.3, 0.4) is 0 Å². The van der Waals surface area contributed by atoms with Gasteiger partial charge in [-0.15, -0.1) is 0 Å². The molecule has 24 heavy (non-hydrogen) atoms. The minimum absolute atomic E-state index is 0.122. The van der Waals surface area contributed by atoms with E-state index in [4.69, 9.17) is 0 Å². The van der Waals surface area contributed by atoms with Crippen LogP contribution in [0.2, 0.25) is 0 Å². The maximum Gasteiger partial charge on any atom is 0.418 e. The molecule has 1 aromatic heterocycles. The first-order chi connectivity index (χ1) is 11.4. The van der Waals surface area contributed by atoms with Crippen molar-refractivity contribution in [3.63, 3.8) is 0 Å². The van der Waals surface area contributed by atoms with Gasteiger partial charge in [-0.3, -0.25) is 4.79 Å². The lowest BCUT2D eigenvalue weighted by Crippen LogP contribution is -2.28. The average Bonchev–Trinajstić information content (AvgIpc) is 3.08. The van der Waals surface area contributed by atoms with Crippen LogP contribution >= 0.6 is 0 Å². The van der Waals surface area contributed by atoms with E-state index in [2.05, 4.69) is 15.3 Å². The molecule has 1 N–H and O–H groups in total. The summed E-state index contributed by atoms with van der Waals surface area (Å²) in [6.07, 6.45) is -1.42. The molecular formula is C16H15F3N4O. The quantitative estimate of drug-likeness (QED) is 0.932. The highest BCUT2D eigenvalue weighted by Crippen LogP contribution is 2.35. The van der Waals surface area contributed by atoms with Crippen molar-refractivity contribution in [1.82, 2.24) is 14.9 Å². The van der Waals surface area contributed by atoms with E-state index >= 15 is 0 Å². The van der Waals surface area contributed by atoms with E-state index in [1.165, 1.54) is 30.6 Å². The molecule has 0 radical (unpaired) electrons. The second kappa shape index (κ2) is 6.46. The van der Waals surface area contributed by atoms with E-state index in [0.717, 1.165) is 18.9 Å². The summed E-state index contributed by atoms with van der Waals surface area (Å²) in [7, 11) is 0. The van der Waals surface area contributed by atoms with E-state index < -0.39 is 11.7 Å². The minimum atomic E-state index is -4.48. The number of benzene rings is 1. The fourth-order valence-electron chi connectivity index (χ4n) is 2.60. The van der Waals surface area contributed by atoms with Gasteiger partial charge in [-0.1, -0.05) is 12.1 Å². The van der Waals surface area contributed by atoms with Crippen molar-refractivity contribution in [2.75, 3.05) is 18.4 Å². The van der Waals surface area contributed by atoms with Gasteiger partial charge in [0.2, 0.25) is 0 Å². The third-order valence-electron chi connectivity index (χ3n) is 3.77. The van der Waals surface area contributed by atoms with Gasteiger partial charge in [-0.2, -0.15) is 13.2 Å². The zero-order valence-electron chi connectivity index (χ0n) is 12.7. The molecule has 1 saturated heterocycles. The molecule has 0 unspecified atom stereocenters. The molecule has 2 heterocycles. The van der Waals surface area contributed by atoms with Gasteiger partial charge in [0.1, 0.15) is 17.8 Å². The lowest BCUT2D eigenvalue weighted by Gasteiger charge is -2.16. The second-order valence-electron chi connectivity index (χ2n) is 5.46. The first-order valence-corrected chi connectivity index (χ1v) is 7.50. The Morgan fingerprint density at radius 1 is 1.12 bits per heavy atom. The van der Waals surface area contributed by atoms with Crippen LogP contribution in [0.4, 0.5) is 24.7 Å². The number of rotatable bonds is 3. The summed E-state index contributed by atoms with van der Waals surface area (Å²) in [6, 6.07) is 6.48. The normalized spacial score (nSPS) is 14.7. The van der Waals surface area contributed by atoms with Crippen LogP contribution in [0.1, 0.15) is 28.9 Å². The van der Waals surface area contributed by atoms with Crippen LogP contribution in [0.15, 0.2) is 36.7 Å². The number of carbonyl (C=O) groups is 1. The number of amides is 1. The van der Waals surface area contributed by atoms with Gasteiger partial charge < -0.3 is 10.2 Å². The largest absolute Gasteiger partial charge is 0.418 e. The molecule has 0 saturated carbocycles. The second-order valence-corrected chi connectivity index (χ2v) is 5.46. The number of likely N-dealkylation sites (tertiary alicyclic amines) is 1. The predicted octanol–water partition coefficient (Wildman–Crippen LogP) is 3.48. The lowest BCUT2D eigenvalue weighted by atomic mass is 10.1. The number of carbonyl (C=O) groups excluding carboxylic acids is 1. The molecule has 126 valence electrons. The SMILES string of the molecule is O=C(c1cc(Nc2ccccc2C(F)(F)F)ncn1)N1CCCC1. The molecule has 1 aromatic carbocycles. The highest BCUT2D eigenvalue weighted by molar-refractivity contribution is 5.93. The Bertz CT molecular complexity index is 742. The van der Waals surface area contributed by atoms with Crippen LogP contribution in [0, 0.1) is 0 Å². The zero-order valence-corrected chi connectivity index (χ0v) is 12.7. The smallest absolute Gasteiger partial charge is 0.340 e. The molecule has 8 heteroatoms. The minimum Gasteiger partial charge on any atom is -0.340 e. The Balaban J connectivity index is 1.84. The third-order valence-corrected chi connectivity index (χ3v) is 3.77. The number of nitrogens with one attached hydrogen (secondary N) is 1. The maximum absolute atomic E-state index is 13.0. The Kier molecular flexibility index (Phi) is 4.37. The maximum atomic E-state index is 13.0. The number of anilines is 2. The first kappa shape index (κ1) is 16.2. The van der Waals surface area contributed by atoms with E-state index in [1.807, 2.05) is 0 Å². The summed E-state index contributed by atoms with van der Waals surface area (Å²) in [4.78, 5) is 21.8. The standard InChI is InChI=1S/C16H15F3N4O/c17-16(18,19)11-5-1-2-6-12(11)22-14-9-13(20-10-21-14)15(24)23-7-3-4-8-23/h1-2,5-6,9-10H,3-4,7-8H2,(H,20,21,22). The zero-order chi connectivity index (χ0) is 17.2. The van der Waals surface area contributed by atoms with Gasteiger partial charge in [-0.05, 0) is 25.0 Å². The van der Waals surface area contributed by atoms with Crippen molar-refractivity contribution in [2.24, 2.45) is 0 Å². The number of aromatic nitrogens is 2. The summed E-state index contributed by atoms with van der Waals surface area (Å²) in [5, 5.41) is 2.62. The lowest BCUT2D eigenvalue weighted by molar-refractivity contribution is -0.136. The Hall–Kier alpha value is -2.64. The van der Waals surface area contributed by atoms with Crippen molar-refractivity contribution in [1.29, 1.82) is 0 Å². The summed E-state index contributed by atoms with van der Waals surface area (Å²) in [6.45, 7) is 1.34. The molecule has 0 spiro atoms. The molecular weight excluding hydrogens is 321 g/mol. The molecule has 3 rings (SSSR count). The van der Waals surface area contributed by atoms with Crippen LogP contribution < -0.4 is 5.32 Å². The van der Waals surface area contributed by atoms with Gasteiger partial charge in [0.15, 0.2) is 0 Å². The fourth-order valence-corrected chi connectivity index (χ4v) is 2.60. The molecule has 0 aliphatic carbocycles. The summed E-state index contributed by atoms with van der Waals surface area (Å²) in [5.41, 5.74) is -0.752. The van der Waals surface area contributed by atoms with Gasteiger partial charge in [0.25, 0.3) is 5.91 Å². The topological polar surface area (TPSA) is 58.1 Å². The molecule has 5 nitrogen and oxygen atoms in total. The summed E-state index contributed by atoms with van der Waals surface area (Å²) in [5.74, 6) is -0.0914. The van der Waals surface area contributed by atoms with Crippen LogP contribution in [-0.4, -0.2) is 33.9 Å². The Morgan fingerprint density at radius 2 is 1.83 bits per heavy atom. The van der Waals surface area contributed by atoms with E-state index in [9.17, 15) is 18.0 Å². The third kappa shape index (κ3) is 3.47. The number of nitrogens with zero attached hydrogens (tertiary/aromatic N) is 3. The van der Waals surface area contributed by atoms with Crippen LogP contribution in [-0.2, 0) is 6.18 Å². The highest BCUT2D eigenvalue weighted by Gasteiger charge is 2.33. The van der Waals surface area contributed by atoms with Crippen molar-refractivity contribution in [2.45, 2.75) is 19.0 Å². The van der Waals surface area contributed by atoms with Crippen molar-refractivity contribution in [3.05, 3.63) is 47.9 Å². The van der Waals surface area contributed by atoms with Crippen LogP contribution in [0.5, 0.6) is 0 Å².